The van der Waals surface area contributed by atoms with Gasteiger partial charge in [0.15, 0.2) is 0 Å². The molecule has 0 radical (unpaired) electrons. The first-order valence-electron chi connectivity index (χ1n) is 3.79. The summed E-state index contributed by atoms with van der Waals surface area (Å²) in [4.78, 5) is 0. The Hall–Kier alpha value is 0.740. The first kappa shape index (κ1) is 10.8. The predicted octanol–water partition coefficient (Wildman–Crippen LogP) is 1.15. The van der Waals surface area contributed by atoms with Gasteiger partial charge in [0.05, 0.1) is 0 Å². The van der Waals surface area contributed by atoms with E-state index in [1.807, 2.05) is 11.8 Å². The minimum absolute atomic E-state index is 0.00259. The van der Waals surface area contributed by atoms with Crippen molar-refractivity contribution >= 4 is 37.7 Å². The summed E-state index contributed by atoms with van der Waals surface area (Å²) in [6, 6.07) is 0. The fourth-order valence-electron chi connectivity index (χ4n) is 1.06. The summed E-state index contributed by atoms with van der Waals surface area (Å²) >= 11 is 4.77. The van der Waals surface area contributed by atoms with Crippen LogP contribution in [0.2, 0.25) is 0 Å². The van der Waals surface area contributed by atoms with Gasteiger partial charge < -0.3 is 0 Å². The summed E-state index contributed by atoms with van der Waals surface area (Å²) in [6.07, 6.45) is 2.35. The molecule has 1 fully saturated rings. The maximum absolute atomic E-state index is 11.0. The minimum Gasteiger partial charge on any atom is -0.213 e. The van der Waals surface area contributed by atoms with Crippen LogP contribution in [0.5, 0.6) is 0 Å². The summed E-state index contributed by atoms with van der Waals surface area (Å²) in [5.74, 6) is 1.17. The first-order chi connectivity index (χ1) is 5.64. The Morgan fingerprint density at radius 1 is 1.58 bits per heavy atom. The average molecular weight is 274 g/mol. The van der Waals surface area contributed by atoms with Gasteiger partial charge in [-0.25, -0.2) is 13.1 Å². The predicted molar refractivity (Wildman–Crippen MR) is 56.2 cm³/mol. The molecule has 1 atom stereocenters. The first-order valence-corrected chi connectivity index (χ1v) is 7.61. The summed E-state index contributed by atoms with van der Waals surface area (Å²) in [5, 5.41) is 0.485. The summed E-state index contributed by atoms with van der Waals surface area (Å²) < 4.78 is 24.5. The molecule has 1 saturated heterocycles. The van der Waals surface area contributed by atoms with Crippen molar-refractivity contribution in [3.8, 4) is 0 Å². The SMILES string of the molecule is O=S(=O)(CBr)NCC1CCCS1. The Morgan fingerprint density at radius 2 is 2.33 bits per heavy atom. The molecule has 1 unspecified atom stereocenters. The van der Waals surface area contributed by atoms with Crippen molar-refractivity contribution in [1.29, 1.82) is 0 Å². The van der Waals surface area contributed by atoms with Gasteiger partial charge in [0.25, 0.3) is 0 Å². The molecule has 3 nitrogen and oxygen atoms in total. The van der Waals surface area contributed by atoms with Crippen LogP contribution in [0.4, 0.5) is 0 Å². The third-order valence-corrected chi connectivity index (χ3v) is 5.80. The lowest BCUT2D eigenvalue weighted by Crippen LogP contribution is -2.30. The lowest BCUT2D eigenvalue weighted by atomic mass is 10.2. The maximum atomic E-state index is 11.0. The molecule has 1 aliphatic rings. The van der Waals surface area contributed by atoms with Gasteiger partial charge in [0, 0.05) is 11.8 Å². The van der Waals surface area contributed by atoms with Gasteiger partial charge in [-0.3, -0.25) is 0 Å². The zero-order chi connectivity index (χ0) is 9.03. The van der Waals surface area contributed by atoms with Crippen molar-refractivity contribution in [1.82, 2.24) is 4.72 Å². The summed E-state index contributed by atoms with van der Waals surface area (Å²) in [6.45, 7) is 0.582. The lowest BCUT2D eigenvalue weighted by Gasteiger charge is -2.08. The van der Waals surface area contributed by atoms with Gasteiger partial charge in [-0.2, -0.15) is 11.8 Å². The second-order valence-electron chi connectivity index (χ2n) is 2.71. The van der Waals surface area contributed by atoms with Crippen LogP contribution in [-0.2, 0) is 10.0 Å². The van der Waals surface area contributed by atoms with E-state index in [2.05, 4.69) is 20.7 Å². The summed E-state index contributed by atoms with van der Waals surface area (Å²) in [5.41, 5.74) is 0. The Morgan fingerprint density at radius 3 is 2.83 bits per heavy atom. The Bertz CT molecular complexity index is 224. The molecule has 0 saturated carbocycles. The van der Waals surface area contributed by atoms with Crippen LogP contribution >= 0.6 is 27.7 Å². The number of nitrogens with one attached hydrogen (secondary N) is 1. The van der Waals surface area contributed by atoms with Crippen molar-refractivity contribution in [2.24, 2.45) is 0 Å². The van der Waals surface area contributed by atoms with Gasteiger partial charge in [-0.05, 0) is 18.6 Å². The molecule has 6 heteroatoms. The van der Waals surface area contributed by atoms with Gasteiger partial charge in [0.1, 0.15) is 4.66 Å². The van der Waals surface area contributed by atoms with Crippen molar-refractivity contribution in [2.45, 2.75) is 18.1 Å². The molecular weight excluding hydrogens is 262 g/mol. The van der Waals surface area contributed by atoms with E-state index in [0.717, 1.165) is 6.42 Å². The zero-order valence-electron chi connectivity index (χ0n) is 6.62. The van der Waals surface area contributed by atoms with Gasteiger partial charge in [-0.1, -0.05) is 15.9 Å². The highest BCUT2D eigenvalue weighted by Gasteiger charge is 2.17. The number of halogens is 1. The molecule has 0 aromatic carbocycles. The second-order valence-corrected chi connectivity index (χ2v) is 7.23. The molecule has 72 valence electrons. The molecule has 1 rings (SSSR count). The van der Waals surface area contributed by atoms with Crippen molar-refractivity contribution in [3.63, 3.8) is 0 Å². The minimum atomic E-state index is -3.05. The van der Waals surface area contributed by atoms with Crippen molar-refractivity contribution in [2.75, 3.05) is 17.0 Å². The zero-order valence-corrected chi connectivity index (χ0v) is 9.84. The fourth-order valence-corrected chi connectivity index (χ4v) is 3.39. The number of alkyl halides is 1. The van der Waals surface area contributed by atoms with Crippen LogP contribution in [0.1, 0.15) is 12.8 Å². The number of sulfonamides is 1. The standard InChI is InChI=1S/C6H12BrNO2S2/c7-5-12(9,10)8-4-6-2-1-3-11-6/h6,8H,1-5H2. The fraction of sp³-hybridized carbons (Fsp3) is 1.00. The molecule has 1 aliphatic heterocycles. The quantitative estimate of drug-likeness (QED) is 0.782. The third kappa shape index (κ3) is 3.64. The highest BCUT2D eigenvalue weighted by atomic mass is 79.9. The average Bonchev–Trinajstić information content (AvgIpc) is 2.53. The highest BCUT2D eigenvalue weighted by molar-refractivity contribution is 9.10. The molecular formula is C6H12BrNO2S2. The van der Waals surface area contributed by atoms with Crippen molar-refractivity contribution < 1.29 is 8.42 Å². The molecule has 0 aromatic heterocycles. The van der Waals surface area contributed by atoms with E-state index < -0.39 is 10.0 Å². The Kier molecular flexibility index (Phi) is 4.36. The molecule has 1 N–H and O–H groups in total. The van der Waals surface area contributed by atoms with Gasteiger partial charge in [0.2, 0.25) is 10.0 Å². The molecule has 12 heavy (non-hydrogen) atoms. The van der Waals surface area contributed by atoms with Crippen molar-refractivity contribution in [3.05, 3.63) is 0 Å². The smallest absolute Gasteiger partial charge is 0.213 e. The Balaban J connectivity index is 2.25. The van der Waals surface area contributed by atoms with Crippen LogP contribution in [0.25, 0.3) is 0 Å². The topological polar surface area (TPSA) is 46.2 Å². The van der Waals surface area contributed by atoms with Gasteiger partial charge in [-0.15, -0.1) is 0 Å². The monoisotopic (exact) mass is 273 g/mol. The van der Waals surface area contributed by atoms with Crippen LogP contribution in [-0.4, -0.2) is 30.6 Å². The van der Waals surface area contributed by atoms with E-state index in [4.69, 9.17) is 0 Å². The molecule has 0 aromatic rings. The normalized spacial score (nSPS) is 24.6. The molecule has 0 bridgehead atoms. The number of thioether (sulfide) groups is 1. The molecule has 0 aliphatic carbocycles. The van der Waals surface area contributed by atoms with E-state index in [0.29, 0.717) is 11.8 Å². The second kappa shape index (κ2) is 4.83. The molecule has 0 amide bonds. The van der Waals surface area contributed by atoms with Gasteiger partial charge >= 0.3 is 0 Å². The molecule has 0 spiro atoms. The van der Waals surface area contributed by atoms with E-state index in [1.165, 1.54) is 12.2 Å². The maximum Gasteiger partial charge on any atom is 0.221 e. The summed E-state index contributed by atoms with van der Waals surface area (Å²) in [7, 11) is -3.05. The van der Waals surface area contributed by atoms with E-state index in [9.17, 15) is 8.42 Å². The molecule has 1 heterocycles. The number of hydrogen-bond acceptors (Lipinski definition) is 3. The largest absolute Gasteiger partial charge is 0.221 e. The third-order valence-electron chi connectivity index (χ3n) is 1.70. The van der Waals surface area contributed by atoms with E-state index in [1.54, 1.807) is 0 Å². The van der Waals surface area contributed by atoms with Crippen LogP contribution in [0, 0.1) is 0 Å². The Labute approximate surface area is 85.9 Å². The van der Waals surface area contributed by atoms with E-state index >= 15 is 0 Å². The lowest BCUT2D eigenvalue weighted by molar-refractivity contribution is 0.584. The van der Waals surface area contributed by atoms with E-state index in [-0.39, 0.29) is 4.66 Å². The highest BCUT2D eigenvalue weighted by Crippen LogP contribution is 2.25. The van der Waals surface area contributed by atoms with Crippen LogP contribution in [0.3, 0.4) is 0 Å². The van der Waals surface area contributed by atoms with Crippen LogP contribution < -0.4 is 4.72 Å². The number of rotatable bonds is 4. The number of hydrogen-bond donors (Lipinski definition) is 1. The van der Waals surface area contributed by atoms with Crippen LogP contribution in [0.15, 0.2) is 0 Å².